The van der Waals surface area contributed by atoms with Gasteiger partial charge in [-0.3, -0.25) is 4.90 Å². The van der Waals surface area contributed by atoms with Gasteiger partial charge in [0.2, 0.25) is 12.1 Å². The largest absolute Gasteiger partial charge is 0.459 e. The van der Waals surface area contributed by atoms with Crippen LogP contribution in [0.15, 0.2) is 60.3 Å². The molecule has 1 aromatic carbocycles. The highest BCUT2D eigenvalue weighted by atomic mass is 16.8. The Bertz CT molecular complexity index is 1530. The standard InChI is InChI=1S/C43H63N3O10/c1-5-9-25-52-42(50)46(21-6-2)37-29-35(45-56-38-18-12-15-26-51-38)33-27-30(16-10-13-22-47)32(17-11-14-23-48)39-34-28-31(54-41(49)44-8-4)19-20-36(34)55-43(37,40(33)39)53-24-7-3/h5,7,19-20,27-28,30,32,37-40,47-48H,1,3,6,8-18,21-26,29H2,2,4H3,(H,44,49)/t30-,32+,37-,38?,39+,40+,43+/m0/s1. The van der Waals surface area contributed by atoms with Crippen LogP contribution in [0.25, 0.3) is 0 Å². The van der Waals surface area contributed by atoms with Crippen LogP contribution < -0.4 is 14.8 Å². The molecule has 1 unspecified atom stereocenters. The number of hydrogen-bond donors (Lipinski definition) is 3. The summed E-state index contributed by atoms with van der Waals surface area (Å²) in [6.07, 6.45) is 12.7. The Hall–Kier alpha value is -3.91. The van der Waals surface area contributed by atoms with Crippen LogP contribution in [0.3, 0.4) is 0 Å². The molecule has 3 N–H and O–H groups in total. The van der Waals surface area contributed by atoms with Crippen LogP contribution in [-0.2, 0) is 19.0 Å². The first-order chi connectivity index (χ1) is 27.3. The van der Waals surface area contributed by atoms with Gasteiger partial charge < -0.3 is 44.1 Å². The average molecular weight is 782 g/mol. The van der Waals surface area contributed by atoms with Crippen molar-refractivity contribution in [3.05, 3.63) is 60.7 Å². The molecule has 2 fully saturated rings. The topological polar surface area (TPSA) is 158 Å². The summed E-state index contributed by atoms with van der Waals surface area (Å²) in [4.78, 5) is 34.8. The number of fused-ring (bicyclic) bond motifs is 2. The van der Waals surface area contributed by atoms with E-state index >= 15 is 0 Å². The predicted molar refractivity (Wildman–Crippen MR) is 212 cm³/mol. The number of nitrogens with zero attached hydrogens (tertiary/aromatic N) is 2. The summed E-state index contributed by atoms with van der Waals surface area (Å²) in [5, 5.41) is 27.3. The zero-order chi connectivity index (χ0) is 39.9. The number of ether oxygens (including phenoxy) is 5. The Morgan fingerprint density at radius 1 is 1.09 bits per heavy atom. The molecule has 0 spiro atoms. The fourth-order valence-electron chi connectivity index (χ4n) is 8.84. The molecule has 7 atom stereocenters. The maximum atomic E-state index is 14.2. The highest BCUT2D eigenvalue weighted by molar-refractivity contribution is 6.03. The van der Waals surface area contributed by atoms with Crippen LogP contribution in [0.5, 0.6) is 11.5 Å². The van der Waals surface area contributed by atoms with Gasteiger partial charge in [0.15, 0.2) is 0 Å². The van der Waals surface area contributed by atoms with Crippen molar-refractivity contribution in [2.24, 2.45) is 22.9 Å². The van der Waals surface area contributed by atoms with Crippen LogP contribution in [0.2, 0.25) is 0 Å². The molecule has 5 rings (SSSR count). The Morgan fingerprint density at radius 2 is 1.89 bits per heavy atom. The number of hydrogen-bond acceptors (Lipinski definition) is 11. The third-order valence-electron chi connectivity index (χ3n) is 11.2. The van der Waals surface area contributed by atoms with E-state index in [-0.39, 0.29) is 50.6 Å². The minimum atomic E-state index is -1.42. The molecule has 0 bridgehead atoms. The lowest BCUT2D eigenvalue weighted by Gasteiger charge is -2.59. The van der Waals surface area contributed by atoms with E-state index in [1.807, 2.05) is 26.0 Å². The number of carbonyl (C=O) groups excluding carboxylic acids is 2. The molecule has 310 valence electrons. The van der Waals surface area contributed by atoms with E-state index in [4.69, 9.17) is 33.7 Å². The number of allylic oxidation sites excluding steroid dienone is 1. The second-order valence-electron chi connectivity index (χ2n) is 15.0. The highest BCUT2D eigenvalue weighted by Gasteiger charge is 2.65. The molecule has 1 aromatic rings. The molecule has 1 saturated heterocycles. The summed E-state index contributed by atoms with van der Waals surface area (Å²) in [5.41, 5.74) is 2.45. The van der Waals surface area contributed by atoms with Gasteiger partial charge in [0.25, 0.3) is 0 Å². The number of aliphatic hydroxyl groups is 2. The lowest BCUT2D eigenvalue weighted by atomic mass is 9.55. The van der Waals surface area contributed by atoms with E-state index in [2.05, 4.69) is 24.6 Å². The molecule has 4 aliphatic rings. The van der Waals surface area contributed by atoms with Gasteiger partial charge in [-0.15, -0.1) is 13.2 Å². The number of nitrogens with one attached hydrogen (secondary N) is 1. The summed E-state index contributed by atoms with van der Waals surface area (Å²) in [5.74, 6) is -1.18. The van der Waals surface area contributed by atoms with Crippen LogP contribution in [-0.4, -0.2) is 97.3 Å². The molecule has 0 radical (unpaired) electrons. The van der Waals surface area contributed by atoms with Crippen molar-refractivity contribution in [3.8, 4) is 11.5 Å². The minimum absolute atomic E-state index is 0.0184. The Morgan fingerprint density at radius 3 is 2.59 bits per heavy atom. The summed E-state index contributed by atoms with van der Waals surface area (Å²) in [6, 6.07) is 4.71. The van der Waals surface area contributed by atoms with Crippen molar-refractivity contribution in [1.82, 2.24) is 10.2 Å². The Kier molecular flexibility index (Phi) is 16.6. The predicted octanol–water partition coefficient (Wildman–Crippen LogP) is 7.38. The smallest absolute Gasteiger partial charge is 0.412 e. The van der Waals surface area contributed by atoms with Crippen LogP contribution in [0.1, 0.15) is 102 Å². The fraction of sp³-hybridized carbons (Fsp3) is 0.651. The molecule has 2 aliphatic heterocycles. The van der Waals surface area contributed by atoms with E-state index < -0.39 is 36.2 Å². The van der Waals surface area contributed by atoms with Gasteiger partial charge in [-0.05, 0) is 93.9 Å². The lowest BCUT2D eigenvalue weighted by molar-refractivity contribution is -0.255. The summed E-state index contributed by atoms with van der Waals surface area (Å²) in [7, 11) is 0. The van der Waals surface area contributed by atoms with Crippen molar-refractivity contribution in [2.75, 3.05) is 46.1 Å². The third-order valence-corrected chi connectivity index (χ3v) is 11.2. The quantitative estimate of drug-likeness (QED) is 0.0653. The summed E-state index contributed by atoms with van der Waals surface area (Å²) < 4.78 is 31.7. The molecule has 2 aliphatic carbocycles. The molecule has 56 heavy (non-hydrogen) atoms. The number of aliphatic hydroxyl groups excluding tert-OH is 2. The Balaban J connectivity index is 1.76. The van der Waals surface area contributed by atoms with Crippen LogP contribution in [0, 0.1) is 17.8 Å². The number of amides is 2. The molecule has 2 amide bonds. The number of rotatable bonds is 21. The van der Waals surface area contributed by atoms with Crippen molar-refractivity contribution < 1.29 is 48.3 Å². The average Bonchev–Trinajstić information content (AvgIpc) is 3.20. The van der Waals surface area contributed by atoms with E-state index in [0.717, 1.165) is 56.1 Å². The Labute approximate surface area is 332 Å². The number of oxime groups is 1. The molecular formula is C43H63N3O10. The van der Waals surface area contributed by atoms with E-state index in [1.165, 1.54) is 0 Å². The first-order valence-electron chi connectivity index (χ1n) is 20.7. The zero-order valence-electron chi connectivity index (χ0n) is 33.3. The molecule has 0 aromatic heterocycles. The normalized spacial score (nSPS) is 27.1. The maximum absolute atomic E-state index is 14.2. The van der Waals surface area contributed by atoms with Crippen molar-refractivity contribution in [2.45, 2.75) is 115 Å². The van der Waals surface area contributed by atoms with E-state index in [9.17, 15) is 19.8 Å². The second kappa shape index (κ2) is 21.6. The van der Waals surface area contributed by atoms with Gasteiger partial charge in [0.05, 0.1) is 31.5 Å². The second-order valence-corrected chi connectivity index (χ2v) is 15.0. The number of unbranched alkanes of at least 4 members (excludes halogenated alkanes) is 2. The lowest BCUT2D eigenvalue weighted by Crippen LogP contribution is -2.70. The van der Waals surface area contributed by atoms with Gasteiger partial charge in [-0.25, -0.2) is 9.59 Å². The SMILES string of the molecule is C=CCCOC(=O)N(CCC)[C@H]1CC(=NOC2CCCCO2)C2=C[C@H](CCCCO)[C@@H](CCCCO)[C@@H]3c4cc(OC(=O)NCC)ccc4O[C@@]1(OCC=C)[C@H]23. The van der Waals surface area contributed by atoms with Gasteiger partial charge in [0.1, 0.15) is 17.5 Å². The highest BCUT2D eigenvalue weighted by Crippen LogP contribution is 2.62. The molecule has 1 saturated carbocycles. The van der Waals surface area contributed by atoms with Crippen LogP contribution in [0.4, 0.5) is 9.59 Å². The van der Waals surface area contributed by atoms with Crippen molar-refractivity contribution in [3.63, 3.8) is 0 Å². The van der Waals surface area contributed by atoms with Gasteiger partial charge in [-0.2, -0.15) is 0 Å². The summed E-state index contributed by atoms with van der Waals surface area (Å²) in [6.45, 7) is 13.5. The van der Waals surface area contributed by atoms with Gasteiger partial charge in [-0.1, -0.05) is 43.1 Å². The van der Waals surface area contributed by atoms with Crippen molar-refractivity contribution in [1.29, 1.82) is 0 Å². The zero-order valence-corrected chi connectivity index (χ0v) is 33.3. The molecule has 13 heteroatoms. The monoisotopic (exact) mass is 781 g/mol. The molecular weight excluding hydrogens is 718 g/mol. The third kappa shape index (κ3) is 10.1. The molecule has 2 heterocycles. The first-order valence-corrected chi connectivity index (χ1v) is 20.7. The molecule has 13 nitrogen and oxygen atoms in total. The summed E-state index contributed by atoms with van der Waals surface area (Å²) >= 11 is 0. The van der Waals surface area contributed by atoms with Crippen LogP contribution >= 0.6 is 0 Å². The van der Waals surface area contributed by atoms with E-state index in [0.29, 0.717) is 62.6 Å². The van der Waals surface area contributed by atoms with Gasteiger partial charge >= 0.3 is 12.2 Å². The van der Waals surface area contributed by atoms with Gasteiger partial charge in [0, 0.05) is 50.6 Å². The maximum Gasteiger partial charge on any atom is 0.412 e. The van der Waals surface area contributed by atoms with Crippen molar-refractivity contribution >= 4 is 17.9 Å². The minimum Gasteiger partial charge on any atom is -0.459 e. The fourth-order valence-corrected chi connectivity index (χ4v) is 8.84. The first kappa shape index (κ1) is 43.2. The number of carbonyl (C=O) groups is 2. The number of benzene rings is 1. The van der Waals surface area contributed by atoms with E-state index in [1.54, 1.807) is 23.1 Å².